The highest BCUT2D eigenvalue weighted by Crippen LogP contribution is 2.16. The zero-order chi connectivity index (χ0) is 14.8. The summed E-state index contributed by atoms with van der Waals surface area (Å²) in [5, 5.41) is 11.8. The van der Waals surface area contributed by atoms with Crippen molar-refractivity contribution in [1.82, 2.24) is 10.0 Å². The number of nitrogens with one attached hydrogen (secondary N) is 2. The van der Waals surface area contributed by atoms with Gasteiger partial charge >= 0.3 is 0 Å². The van der Waals surface area contributed by atoms with E-state index in [2.05, 4.69) is 10.0 Å². The van der Waals surface area contributed by atoms with Crippen LogP contribution in [0, 0.1) is 17.1 Å². The summed E-state index contributed by atoms with van der Waals surface area (Å²) in [6.07, 6.45) is -0.263. The molecule has 1 unspecified atom stereocenters. The Bertz CT molecular complexity index is 642. The van der Waals surface area contributed by atoms with Crippen molar-refractivity contribution in [3.63, 3.8) is 0 Å². The molecule has 2 N–H and O–H groups in total. The Morgan fingerprint density at radius 1 is 1.50 bits per heavy atom. The van der Waals surface area contributed by atoms with Crippen LogP contribution in [0.4, 0.5) is 4.39 Å². The largest absolute Gasteiger partial charge is 0.378 e. The number of sulfonamides is 1. The maximum atomic E-state index is 13.2. The Balaban J connectivity index is 2.25. The predicted molar refractivity (Wildman–Crippen MR) is 68.9 cm³/mol. The van der Waals surface area contributed by atoms with Crippen molar-refractivity contribution in [3.8, 4) is 6.07 Å². The van der Waals surface area contributed by atoms with Crippen LogP contribution in [0.5, 0.6) is 0 Å². The third kappa shape index (κ3) is 2.96. The minimum absolute atomic E-state index is 0.141. The first-order valence-electron chi connectivity index (χ1n) is 5.93. The number of benzene rings is 1. The van der Waals surface area contributed by atoms with Crippen molar-refractivity contribution >= 4 is 10.0 Å². The van der Waals surface area contributed by atoms with Gasteiger partial charge in [-0.1, -0.05) is 0 Å². The first kappa shape index (κ1) is 14.9. The van der Waals surface area contributed by atoms with Crippen molar-refractivity contribution in [2.24, 2.45) is 0 Å². The standard InChI is InChI=1S/C12H14FN3O3S/c1-19-12-7-15-6-11(12)16-20(17,18)9-2-3-10(13)8(4-9)5-14/h2-4,11-12,15-16H,6-7H2,1H3/t11?,12-/m0/s1. The van der Waals surface area contributed by atoms with Gasteiger partial charge in [-0.2, -0.15) is 5.26 Å². The van der Waals surface area contributed by atoms with Gasteiger partial charge in [0.1, 0.15) is 11.9 Å². The molecule has 0 radical (unpaired) electrons. The topological polar surface area (TPSA) is 91.2 Å². The lowest BCUT2D eigenvalue weighted by Gasteiger charge is -2.18. The molecule has 1 fully saturated rings. The van der Waals surface area contributed by atoms with Gasteiger partial charge in [-0.05, 0) is 18.2 Å². The molecule has 6 nitrogen and oxygen atoms in total. The minimum atomic E-state index is -3.82. The molecule has 1 aromatic rings. The molecule has 0 bridgehead atoms. The number of hydrogen-bond acceptors (Lipinski definition) is 5. The Morgan fingerprint density at radius 3 is 2.90 bits per heavy atom. The SMILES string of the molecule is CO[C@H]1CNCC1NS(=O)(=O)c1ccc(F)c(C#N)c1. The number of rotatable bonds is 4. The van der Waals surface area contributed by atoms with Crippen molar-refractivity contribution in [3.05, 3.63) is 29.6 Å². The molecular formula is C12H14FN3O3S. The van der Waals surface area contributed by atoms with Gasteiger partial charge in [-0.15, -0.1) is 0 Å². The molecule has 108 valence electrons. The second kappa shape index (κ2) is 5.85. The maximum absolute atomic E-state index is 13.2. The second-order valence-corrected chi connectivity index (χ2v) is 6.13. The molecule has 20 heavy (non-hydrogen) atoms. The van der Waals surface area contributed by atoms with E-state index < -0.39 is 21.9 Å². The predicted octanol–water partition coefficient (Wildman–Crippen LogP) is -0.0375. The fraction of sp³-hybridized carbons (Fsp3) is 0.417. The van der Waals surface area contributed by atoms with Crippen molar-refractivity contribution < 1.29 is 17.5 Å². The first-order valence-corrected chi connectivity index (χ1v) is 7.41. The third-order valence-corrected chi connectivity index (χ3v) is 4.62. The highest BCUT2D eigenvalue weighted by molar-refractivity contribution is 7.89. The summed E-state index contributed by atoms with van der Waals surface area (Å²) in [6.45, 7) is 1.00. The molecule has 1 heterocycles. The van der Waals surface area contributed by atoms with E-state index in [4.69, 9.17) is 10.00 Å². The smallest absolute Gasteiger partial charge is 0.241 e. The zero-order valence-corrected chi connectivity index (χ0v) is 11.6. The fourth-order valence-electron chi connectivity index (χ4n) is 2.04. The van der Waals surface area contributed by atoms with E-state index in [0.29, 0.717) is 13.1 Å². The molecule has 0 aromatic heterocycles. The average molecular weight is 299 g/mol. The van der Waals surface area contributed by atoms with Crippen LogP contribution in [0.3, 0.4) is 0 Å². The van der Waals surface area contributed by atoms with Gasteiger partial charge in [0.05, 0.1) is 22.6 Å². The summed E-state index contributed by atoms with van der Waals surface area (Å²) in [5.74, 6) is -0.747. The fourth-order valence-corrected chi connectivity index (χ4v) is 3.33. The van der Waals surface area contributed by atoms with Gasteiger partial charge < -0.3 is 10.1 Å². The summed E-state index contributed by atoms with van der Waals surface area (Å²) in [7, 11) is -2.32. The number of halogens is 1. The summed E-state index contributed by atoms with van der Waals surface area (Å²) < 4.78 is 45.3. The molecule has 0 amide bonds. The molecule has 0 saturated carbocycles. The van der Waals surface area contributed by atoms with Gasteiger partial charge in [0.25, 0.3) is 0 Å². The molecule has 1 aromatic carbocycles. The lowest BCUT2D eigenvalue weighted by atomic mass is 10.2. The molecule has 2 atom stereocenters. The van der Waals surface area contributed by atoms with Crippen LogP contribution in [0.1, 0.15) is 5.56 Å². The monoisotopic (exact) mass is 299 g/mol. The highest BCUT2D eigenvalue weighted by Gasteiger charge is 2.31. The van der Waals surface area contributed by atoms with Crippen molar-refractivity contribution in [1.29, 1.82) is 5.26 Å². The molecule has 1 aliphatic rings. The number of nitrogens with zero attached hydrogens (tertiary/aromatic N) is 1. The third-order valence-electron chi connectivity index (χ3n) is 3.14. The van der Waals surface area contributed by atoms with Crippen LogP contribution in [-0.4, -0.2) is 40.8 Å². The molecule has 2 rings (SSSR count). The minimum Gasteiger partial charge on any atom is -0.378 e. The van der Waals surface area contributed by atoms with E-state index >= 15 is 0 Å². The van der Waals surface area contributed by atoms with Crippen LogP contribution in [0.25, 0.3) is 0 Å². The number of methoxy groups -OCH3 is 1. The van der Waals surface area contributed by atoms with Crippen molar-refractivity contribution in [2.75, 3.05) is 20.2 Å². The summed E-state index contributed by atoms with van der Waals surface area (Å²) in [4.78, 5) is -0.141. The van der Waals surface area contributed by atoms with Crippen LogP contribution >= 0.6 is 0 Å². The lowest BCUT2D eigenvalue weighted by Crippen LogP contribution is -2.43. The summed E-state index contributed by atoms with van der Waals surface area (Å²) in [5.41, 5.74) is -0.305. The highest BCUT2D eigenvalue weighted by atomic mass is 32.2. The normalized spacial score (nSPS) is 22.6. The van der Waals surface area contributed by atoms with Gasteiger partial charge in [-0.25, -0.2) is 17.5 Å². The molecule has 8 heteroatoms. The molecule has 0 aliphatic carbocycles. The summed E-state index contributed by atoms with van der Waals surface area (Å²) in [6, 6.07) is 4.32. The van der Waals surface area contributed by atoms with Gasteiger partial charge in [0.15, 0.2) is 0 Å². The molecule has 1 saturated heterocycles. The quantitative estimate of drug-likeness (QED) is 0.814. The lowest BCUT2D eigenvalue weighted by molar-refractivity contribution is 0.103. The Hall–Kier alpha value is -1.53. The zero-order valence-electron chi connectivity index (χ0n) is 10.8. The molecular weight excluding hydrogens is 285 g/mol. The van der Waals surface area contributed by atoms with E-state index in [9.17, 15) is 12.8 Å². The molecule has 0 spiro atoms. The van der Waals surface area contributed by atoms with E-state index in [-0.39, 0.29) is 16.6 Å². The van der Waals surface area contributed by atoms with E-state index in [1.54, 1.807) is 6.07 Å². The Labute approximate surface area is 116 Å². The average Bonchev–Trinajstić information content (AvgIpc) is 2.85. The number of nitriles is 1. The van der Waals surface area contributed by atoms with E-state index in [1.807, 2.05) is 0 Å². The van der Waals surface area contributed by atoms with E-state index in [0.717, 1.165) is 18.2 Å². The second-order valence-electron chi connectivity index (χ2n) is 4.41. The van der Waals surface area contributed by atoms with E-state index in [1.165, 1.54) is 7.11 Å². The Morgan fingerprint density at radius 2 is 2.25 bits per heavy atom. The van der Waals surface area contributed by atoms with Gasteiger partial charge in [0.2, 0.25) is 10.0 Å². The first-order chi connectivity index (χ1) is 9.47. The number of hydrogen-bond donors (Lipinski definition) is 2. The summed E-state index contributed by atoms with van der Waals surface area (Å²) >= 11 is 0. The van der Waals surface area contributed by atoms with Crippen molar-refractivity contribution in [2.45, 2.75) is 17.0 Å². The van der Waals surface area contributed by atoms with Gasteiger partial charge in [0, 0.05) is 20.2 Å². The molecule has 1 aliphatic heterocycles. The maximum Gasteiger partial charge on any atom is 0.241 e. The van der Waals surface area contributed by atoms with Gasteiger partial charge in [-0.3, -0.25) is 0 Å². The Kier molecular flexibility index (Phi) is 4.35. The van der Waals surface area contributed by atoms with Crippen LogP contribution in [0.2, 0.25) is 0 Å². The number of ether oxygens (including phenoxy) is 1. The van der Waals surface area contributed by atoms with Crippen LogP contribution in [-0.2, 0) is 14.8 Å². The van der Waals surface area contributed by atoms with Crippen LogP contribution < -0.4 is 10.0 Å². The van der Waals surface area contributed by atoms with Crippen LogP contribution in [0.15, 0.2) is 23.1 Å².